The van der Waals surface area contributed by atoms with Gasteiger partial charge in [-0.15, -0.1) is 0 Å². The van der Waals surface area contributed by atoms with E-state index in [-0.39, 0.29) is 11.4 Å². The molecule has 0 saturated carbocycles. The highest BCUT2D eigenvalue weighted by atomic mass is 35.5. The summed E-state index contributed by atoms with van der Waals surface area (Å²) in [5.41, 5.74) is 5.38. The molecule has 0 fully saturated rings. The van der Waals surface area contributed by atoms with Gasteiger partial charge in [-0.1, -0.05) is 70.7 Å². The molecule has 0 unspecified atom stereocenters. The average Bonchev–Trinajstić information content (AvgIpc) is 2.97. The van der Waals surface area contributed by atoms with Crippen LogP contribution in [0.1, 0.15) is 16.7 Å². The summed E-state index contributed by atoms with van der Waals surface area (Å²) in [6.45, 7) is 4.11. The van der Waals surface area contributed by atoms with Crippen molar-refractivity contribution in [1.82, 2.24) is 9.97 Å². The second-order valence-corrected chi connectivity index (χ2v) is 11.0. The average molecular weight is 510 g/mol. The number of sulfonamides is 1. The molecule has 8 heteroatoms. The monoisotopic (exact) mass is 509 g/mol. The van der Waals surface area contributed by atoms with Gasteiger partial charge in [0.15, 0.2) is 5.82 Å². The lowest BCUT2D eigenvalue weighted by molar-refractivity contribution is 0.591. The molecule has 0 spiro atoms. The number of nitrogens with zero attached hydrogens (tertiary/aromatic N) is 3. The maximum Gasteiger partial charge on any atom is 0.264 e. The third-order valence-electron chi connectivity index (χ3n) is 5.92. The zero-order valence-electron chi connectivity index (χ0n) is 18.6. The van der Waals surface area contributed by atoms with E-state index in [4.69, 9.17) is 28.2 Å². The Morgan fingerprint density at radius 3 is 2.18 bits per heavy atom. The van der Waals surface area contributed by atoms with E-state index in [1.54, 1.807) is 42.5 Å². The Morgan fingerprint density at radius 2 is 1.50 bits per heavy atom. The van der Waals surface area contributed by atoms with Gasteiger partial charge in [-0.25, -0.2) is 18.4 Å². The molecule has 0 amide bonds. The first-order valence-electron chi connectivity index (χ1n) is 10.8. The van der Waals surface area contributed by atoms with E-state index < -0.39 is 10.0 Å². The van der Waals surface area contributed by atoms with Gasteiger partial charge in [0.2, 0.25) is 0 Å². The fraction of sp³-hybridized carbons (Fsp3) is 0.154. The zero-order valence-corrected chi connectivity index (χ0v) is 20.9. The number of fused-ring (bicyclic) bond motifs is 3. The first kappa shape index (κ1) is 22.8. The molecule has 0 bridgehead atoms. The van der Waals surface area contributed by atoms with Crippen LogP contribution in [-0.4, -0.2) is 24.9 Å². The number of halogens is 2. The molecule has 34 heavy (non-hydrogen) atoms. The molecule has 0 atom stereocenters. The van der Waals surface area contributed by atoms with Gasteiger partial charge in [-0.3, -0.25) is 4.31 Å². The summed E-state index contributed by atoms with van der Waals surface area (Å²) < 4.78 is 28.8. The SMILES string of the molecule is Cc1ccc(-c2nc(Cl)c3c(n2)-c2ccc(Cl)cc2N(S(=O)(=O)c2ccc(C)cc2)CC3)cc1. The van der Waals surface area contributed by atoms with Crippen LogP contribution in [0.5, 0.6) is 0 Å². The van der Waals surface area contributed by atoms with E-state index in [9.17, 15) is 8.42 Å². The normalized spacial score (nSPS) is 13.2. The Kier molecular flexibility index (Phi) is 5.84. The molecule has 172 valence electrons. The van der Waals surface area contributed by atoms with Crippen molar-refractivity contribution in [3.8, 4) is 22.6 Å². The van der Waals surface area contributed by atoms with Crippen LogP contribution in [0, 0.1) is 13.8 Å². The molecule has 1 aliphatic rings. The van der Waals surface area contributed by atoms with Crippen LogP contribution < -0.4 is 4.31 Å². The van der Waals surface area contributed by atoms with E-state index in [1.165, 1.54) is 4.31 Å². The summed E-state index contributed by atoms with van der Waals surface area (Å²) >= 11 is 13.0. The largest absolute Gasteiger partial charge is 0.265 e. The summed E-state index contributed by atoms with van der Waals surface area (Å²) in [5.74, 6) is 0.486. The first-order valence-corrected chi connectivity index (χ1v) is 13.0. The van der Waals surface area contributed by atoms with E-state index in [1.807, 2.05) is 38.1 Å². The summed E-state index contributed by atoms with van der Waals surface area (Å²) in [6.07, 6.45) is 0.361. The van der Waals surface area contributed by atoms with Crippen molar-refractivity contribution in [2.75, 3.05) is 10.8 Å². The lowest BCUT2D eigenvalue weighted by Gasteiger charge is -2.24. The van der Waals surface area contributed by atoms with Crippen LogP contribution in [0.25, 0.3) is 22.6 Å². The standard InChI is InChI=1S/C26H21Cl2N3O2S/c1-16-3-7-18(8-4-16)26-29-24-21-12-9-19(27)15-23(21)31(14-13-22(24)25(28)30-26)34(32,33)20-10-5-17(2)6-11-20/h3-12,15H,13-14H2,1-2H3. The second kappa shape index (κ2) is 8.69. The molecule has 1 aliphatic heterocycles. The van der Waals surface area contributed by atoms with Gasteiger partial charge in [0, 0.05) is 28.3 Å². The number of hydrogen-bond donors (Lipinski definition) is 0. The summed E-state index contributed by atoms with van der Waals surface area (Å²) in [4.78, 5) is 9.59. The molecule has 5 rings (SSSR count). The van der Waals surface area contributed by atoms with Crippen LogP contribution in [-0.2, 0) is 16.4 Å². The molecule has 0 aliphatic carbocycles. The van der Waals surface area contributed by atoms with Crippen molar-refractivity contribution in [2.24, 2.45) is 0 Å². The van der Waals surface area contributed by atoms with Gasteiger partial charge in [0.25, 0.3) is 10.0 Å². The maximum absolute atomic E-state index is 13.7. The quantitative estimate of drug-likeness (QED) is 0.296. The van der Waals surface area contributed by atoms with Crippen molar-refractivity contribution < 1.29 is 8.42 Å². The van der Waals surface area contributed by atoms with Crippen LogP contribution in [0.2, 0.25) is 10.2 Å². The van der Waals surface area contributed by atoms with E-state index in [0.717, 1.165) is 16.7 Å². The fourth-order valence-electron chi connectivity index (χ4n) is 4.06. The number of hydrogen-bond acceptors (Lipinski definition) is 4. The Balaban J connectivity index is 1.70. The third kappa shape index (κ3) is 4.06. The smallest absolute Gasteiger partial charge is 0.264 e. The molecule has 1 aromatic heterocycles. The van der Waals surface area contributed by atoms with Crippen molar-refractivity contribution in [2.45, 2.75) is 25.2 Å². The molecular weight excluding hydrogens is 489 g/mol. The van der Waals surface area contributed by atoms with Gasteiger partial charge in [-0.2, -0.15) is 0 Å². The Labute approximate surface area is 209 Å². The Bertz CT molecular complexity index is 1500. The van der Waals surface area contributed by atoms with Gasteiger partial charge in [0.1, 0.15) is 5.15 Å². The molecule has 0 radical (unpaired) electrons. The van der Waals surface area contributed by atoms with Crippen molar-refractivity contribution in [3.63, 3.8) is 0 Å². The highest BCUT2D eigenvalue weighted by Crippen LogP contribution is 2.41. The molecule has 4 aromatic rings. The van der Waals surface area contributed by atoms with Crippen molar-refractivity contribution in [3.05, 3.63) is 93.6 Å². The molecule has 2 heterocycles. The number of aryl methyl sites for hydroxylation is 2. The third-order valence-corrected chi connectivity index (χ3v) is 8.30. The van der Waals surface area contributed by atoms with Crippen molar-refractivity contribution >= 4 is 38.9 Å². The van der Waals surface area contributed by atoms with E-state index in [2.05, 4.69) is 4.98 Å². The molecular formula is C26H21Cl2N3O2S. The summed E-state index contributed by atoms with van der Waals surface area (Å²) in [7, 11) is -3.85. The minimum Gasteiger partial charge on any atom is -0.265 e. The number of rotatable bonds is 3. The number of aromatic nitrogens is 2. The minimum atomic E-state index is -3.85. The van der Waals surface area contributed by atoms with Gasteiger partial charge in [-0.05, 0) is 50.6 Å². The molecule has 0 N–H and O–H groups in total. The lowest BCUT2D eigenvalue weighted by Crippen LogP contribution is -2.32. The Morgan fingerprint density at radius 1 is 0.853 bits per heavy atom. The predicted octanol–water partition coefficient (Wildman–Crippen LogP) is 6.49. The van der Waals surface area contributed by atoms with Gasteiger partial charge >= 0.3 is 0 Å². The van der Waals surface area contributed by atoms with E-state index in [0.29, 0.717) is 44.9 Å². The van der Waals surface area contributed by atoms with Crippen molar-refractivity contribution in [1.29, 1.82) is 0 Å². The molecule has 0 saturated heterocycles. The van der Waals surface area contributed by atoms with E-state index >= 15 is 0 Å². The highest BCUT2D eigenvalue weighted by molar-refractivity contribution is 7.92. The second-order valence-electron chi connectivity index (χ2n) is 8.33. The summed E-state index contributed by atoms with van der Waals surface area (Å²) in [6, 6.07) is 19.9. The van der Waals surface area contributed by atoms with Gasteiger partial charge < -0.3 is 0 Å². The number of anilines is 1. The van der Waals surface area contributed by atoms with Crippen LogP contribution in [0.15, 0.2) is 71.6 Å². The predicted molar refractivity (Wildman–Crippen MR) is 137 cm³/mol. The Hall–Kier alpha value is -2.93. The van der Waals surface area contributed by atoms with Crippen LogP contribution in [0.3, 0.4) is 0 Å². The fourth-order valence-corrected chi connectivity index (χ4v) is 5.97. The highest BCUT2D eigenvalue weighted by Gasteiger charge is 2.32. The lowest BCUT2D eigenvalue weighted by atomic mass is 10.0. The molecule has 3 aromatic carbocycles. The first-order chi connectivity index (χ1) is 16.2. The summed E-state index contributed by atoms with van der Waals surface area (Å²) in [5, 5.41) is 0.751. The maximum atomic E-state index is 13.7. The zero-order chi connectivity index (χ0) is 24.0. The van der Waals surface area contributed by atoms with Crippen LogP contribution >= 0.6 is 23.2 Å². The minimum absolute atomic E-state index is 0.184. The van der Waals surface area contributed by atoms with Gasteiger partial charge in [0.05, 0.1) is 16.3 Å². The topological polar surface area (TPSA) is 63.2 Å². The number of benzene rings is 3. The van der Waals surface area contributed by atoms with Crippen LogP contribution in [0.4, 0.5) is 5.69 Å². The molecule has 5 nitrogen and oxygen atoms in total.